The summed E-state index contributed by atoms with van der Waals surface area (Å²) in [6.45, 7) is 10.7. The lowest BCUT2D eigenvalue weighted by Crippen LogP contribution is -2.63. The van der Waals surface area contributed by atoms with Gasteiger partial charge in [-0.1, -0.05) is 6.07 Å². The molecule has 2 heterocycles. The molecule has 1 aliphatic rings. The molecule has 164 valence electrons. The van der Waals surface area contributed by atoms with Gasteiger partial charge in [-0.05, 0) is 45.6 Å². The van der Waals surface area contributed by atoms with Crippen molar-refractivity contribution >= 4 is 53.3 Å². The number of rotatable bonds is 7. The number of amides is 2. The number of hydrogen-bond donors (Lipinski definition) is 3. The van der Waals surface area contributed by atoms with Gasteiger partial charge in [-0.15, -0.1) is 35.3 Å². The summed E-state index contributed by atoms with van der Waals surface area (Å²) in [6.07, 6.45) is 0.469. The number of guanidine groups is 1. The molecule has 1 aromatic rings. The summed E-state index contributed by atoms with van der Waals surface area (Å²) < 4.78 is 5.36. The summed E-state index contributed by atoms with van der Waals surface area (Å²) >= 11 is 1.43. The molecule has 1 aromatic heterocycles. The Bertz CT molecular complexity index is 670. The Labute approximate surface area is 193 Å². The highest BCUT2D eigenvalue weighted by Gasteiger charge is 2.34. The molecule has 0 aromatic carbocycles. The van der Waals surface area contributed by atoms with Crippen LogP contribution in [0.2, 0.25) is 0 Å². The molecule has 0 saturated carbocycles. The number of aliphatic imine (C=N–C) groups is 1. The van der Waals surface area contributed by atoms with Crippen LogP contribution in [0.1, 0.15) is 43.8 Å². The zero-order chi connectivity index (χ0) is 20.6. The fraction of sp³-hybridized carbons (Fsp3) is 0.632. The average Bonchev–Trinajstić information content (AvgIpc) is 3.09. The Morgan fingerprint density at radius 3 is 2.62 bits per heavy atom. The van der Waals surface area contributed by atoms with Crippen molar-refractivity contribution < 1.29 is 14.3 Å². The first-order chi connectivity index (χ1) is 13.3. The Balaban J connectivity index is 0.00000420. The van der Waals surface area contributed by atoms with Gasteiger partial charge in [0.25, 0.3) is 5.91 Å². The first kappa shape index (κ1) is 25.5. The average molecular weight is 537 g/mol. The predicted molar refractivity (Wildman–Crippen MR) is 127 cm³/mol. The lowest BCUT2D eigenvalue weighted by Gasteiger charge is -2.40. The second-order valence-corrected chi connectivity index (χ2v) is 8.52. The van der Waals surface area contributed by atoms with Crippen LogP contribution in [0, 0.1) is 0 Å². The summed E-state index contributed by atoms with van der Waals surface area (Å²) in [5.41, 5.74) is -0.481. The molecule has 1 aliphatic heterocycles. The van der Waals surface area contributed by atoms with E-state index < -0.39 is 5.60 Å². The molecule has 2 amide bonds. The number of hydrogen-bond acceptors (Lipinski definition) is 5. The van der Waals surface area contributed by atoms with E-state index in [0.717, 1.165) is 23.8 Å². The first-order valence-electron chi connectivity index (χ1n) is 9.63. The number of halogens is 1. The van der Waals surface area contributed by atoms with Crippen LogP contribution in [0.5, 0.6) is 0 Å². The van der Waals surface area contributed by atoms with Crippen molar-refractivity contribution in [3.05, 3.63) is 22.4 Å². The molecule has 1 saturated heterocycles. The van der Waals surface area contributed by atoms with Gasteiger partial charge in [0, 0.05) is 32.7 Å². The van der Waals surface area contributed by atoms with Gasteiger partial charge >= 0.3 is 6.09 Å². The predicted octanol–water partition coefficient (Wildman–Crippen LogP) is 2.66. The molecule has 3 N–H and O–H groups in total. The minimum Gasteiger partial charge on any atom is -0.444 e. The minimum atomic E-state index is -0.481. The highest BCUT2D eigenvalue weighted by Crippen LogP contribution is 2.15. The molecule has 0 bridgehead atoms. The van der Waals surface area contributed by atoms with E-state index >= 15 is 0 Å². The molecule has 29 heavy (non-hydrogen) atoms. The number of nitrogens with one attached hydrogen (secondary N) is 3. The Morgan fingerprint density at radius 2 is 2.03 bits per heavy atom. The zero-order valence-corrected chi connectivity index (χ0v) is 20.6. The number of likely N-dealkylation sites (tertiary alicyclic amines) is 1. The molecule has 1 fully saturated rings. The van der Waals surface area contributed by atoms with Gasteiger partial charge in [0.05, 0.1) is 10.9 Å². The van der Waals surface area contributed by atoms with E-state index in [1.54, 1.807) is 4.90 Å². The summed E-state index contributed by atoms with van der Waals surface area (Å²) in [7, 11) is 0. The molecule has 0 spiro atoms. The third-order valence-corrected chi connectivity index (χ3v) is 4.72. The molecular formula is C19H32IN5O3S. The second kappa shape index (κ2) is 12.2. The SMILES string of the molecule is CCNC(=NCCCNC(=O)c1cccs1)NC1CN(C(=O)OC(C)(C)C)C1.I. The zero-order valence-electron chi connectivity index (χ0n) is 17.5. The van der Waals surface area contributed by atoms with Gasteiger partial charge < -0.3 is 25.6 Å². The van der Waals surface area contributed by atoms with Crippen LogP contribution in [0.3, 0.4) is 0 Å². The fourth-order valence-corrected chi connectivity index (χ4v) is 3.17. The summed E-state index contributed by atoms with van der Waals surface area (Å²) in [5, 5.41) is 11.3. The molecule has 0 atom stereocenters. The normalized spacial score (nSPS) is 14.5. The summed E-state index contributed by atoms with van der Waals surface area (Å²) in [4.78, 5) is 30.8. The van der Waals surface area contributed by atoms with Gasteiger partial charge in [0.2, 0.25) is 0 Å². The number of thiophene rings is 1. The molecule has 0 unspecified atom stereocenters. The Hall–Kier alpha value is -1.56. The van der Waals surface area contributed by atoms with Crippen molar-refractivity contribution in [2.45, 2.75) is 45.8 Å². The third kappa shape index (κ3) is 9.20. The highest BCUT2D eigenvalue weighted by molar-refractivity contribution is 14.0. The van der Waals surface area contributed by atoms with Gasteiger partial charge in [0.1, 0.15) is 5.60 Å². The van der Waals surface area contributed by atoms with Crippen molar-refractivity contribution in [1.29, 1.82) is 0 Å². The van der Waals surface area contributed by atoms with Crippen molar-refractivity contribution in [1.82, 2.24) is 20.9 Å². The monoisotopic (exact) mass is 537 g/mol. The van der Waals surface area contributed by atoms with Crippen molar-refractivity contribution in [3.63, 3.8) is 0 Å². The van der Waals surface area contributed by atoms with E-state index in [1.165, 1.54) is 11.3 Å². The Morgan fingerprint density at radius 1 is 1.31 bits per heavy atom. The van der Waals surface area contributed by atoms with Crippen LogP contribution in [0.15, 0.2) is 22.5 Å². The van der Waals surface area contributed by atoms with E-state index in [0.29, 0.717) is 26.2 Å². The minimum absolute atomic E-state index is 0. The van der Waals surface area contributed by atoms with Crippen LogP contribution >= 0.6 is 35.3 Å². The number of carbonyl (C=O) groups excluding carboxylic acids is 2. The largest absolute Gasteiger partial charge is 0.444 e. The lowest BCUT2D eigenvalue weighted by molar-refractivity contribution is 0.00700. The number of carbonyl (C=O) groups is 2. The van der Waals surface area contributed by atoms with E-state index in [2.05, 4.69) is 20.9 Å². The van der Waals surface area contributed by atoms with Crippen molar-refractivity contribution in [3.8, 4) is 0 Å². The lowest BCUT2D eigenvalue weighted by atomic mass is 10.1. The fourth-order valence-electron chi connectivity index (χ4n) is 2.53. The van der Waals surface area contributed by atoms with Gasteiger partial charge in [-0.25, -0.2) is 4.79 Å². The standard InChI is InChI=1S/C19H31N5O3S.HI/c1-5-20-17(22-10-7-9-21-16(25)15-8-6-11-28-15)23-14-12-24(13-14)18(26)27-19(2,3)4;/h6,8,11,14H,5,7,9-10,12-13H2,1-4H3,(H,21,25)(H2,20,22,23);1H. The molecule has 0 radical (unpaired) electrons. The molecule has 2 rings (SSSR count). The van der Waals surface area contributed by atoms with E-state index in [1.807, 2.05) is 45.2 Å². The van der Waals surface area contributed by atoms with Gasteiger partial charge in [0.15, 0.2) is 5.96 Å². The van der Waals surface area contributed by atoms with Crippen molar-refractivity contribution in [2.75, 3.05) is 32.7 Å². The maximum atomic E-state index is 12.0. The smallest absolute Gasteiger partial charge is 0.410 e. The van der Waals surface area contributed by atoms with Crippen LogP contribution in [-0.2, 0) is 4.74 Å². The van der Waals surface area contributed by atoms with E-state index in [-0.39, 0.29) is 42.0 Å². The third-order valence-electron chi connectivity index (χ3n) is 3.85. The quantitative estimate of drug-likeness (QED) is 0.215. The molecule has 8 nitrogen and oxygen atoms in total. The highest BCUT2D eigenvalue weighted by atomic mass is 127. The topological polar surface area (TPSA) is 95.1 Å². The number of ether oxygens (including phenoxy) is 1. The summed E-state index contributed by atoms with van der Waals surface area (Å²) in [6, 6.07) is 3.83. The maximum absolute atomic E-state index is 12.0. The summed E-state index contributed by atoms with van der Waals surface area (Å²) in [5.74, 6) is 0.682. The van der Waals surface area contributed by atoms with Crippen molar-refractivity contribution in [2.24, 2.45) is 4.99 Å². The molecule has 10 heteroatoms. The maximum Gasteiger partial charge on any atom is 0.410 e. The van der Waals surface area contributed by atoms with Crippen LogP contribution in [-0.4, -0.2) is 67.2 Å². The number of nitrogens with zero attached hydrogens (tertiary/aromatic N) is 2. The van der Waals surface area contributed by atoms with E-state index in [9.17, 15) is 9.59 Å². The van der Waals surface area contributed by atoms with Crippen LogP contribution in [0.25, 0.3) is 0 Å². The molecular weight excluding hydrogens is 505 g/mol. The molecule has 0 aliphatic carbocycles. The van der Waals surface area contributed by atoms with Gasteiger partial charge in [-0.3, -0.25) is 9.79 Å². The van der Waals surface area contributed by atoms with Gasteiger partial charge in [-0.2, -0.15) is 0 Å². The van der Waals surface area contributed by atoms with E-state index in [4.69, 9.17) is 4.74 Å². The second-order valence-electron chi connectivity index (χ2n) is 7.57. The van der Waals surface area contributed by atoms with Crippen LogP contribution < -0.4 is 16.0 Å². The Kier molecular flexibility index (Phi) is 10.7. The van der Waals surface area contributed by atoms with Crippen LogP contribution in [0.4, 0.5) is 4.79 Å². The first-order valence-corrected chi connectivity index (χ1v) is 10.5.